The molecule has 2 aromatic heterocycles. The Morgan fingerprint density at radius 1 is 1.16 bits per heavy atom. The summed E-state index contributed by atoms with van der Waals surface area (Å²) >= 11 is 0. The van der Waals surface area contributed by atoms with Crippen LogP contribution in [0.15, 0.2) is 49.6 Å². The molecule has 3 aliphatic carbocycles. The molecule has 18 heteroatoms. The van der Waals surface area contributed by atoms with Crippen LogP contribution < -0.4 is 24.8 Å². The van der Waals surface area contributed by atoms with E-state index in [0.717, 1.165) is 19.3 Å². The van der Waals surface area contributed by atoms with Crippen molar-refractivity contribution in [2.75, 3.05) is 13.2 Å². The van der Waals surface area contributed by atoms with Crippen LogP contribution in [-0.4, -0.2) is 99.4 Å². The molecule has 7 atom stereocenters. The number of fused-ring (bicyclic) bond motifs is 5. The number of amides is 4. The van der Waals surface area contributed by atoms with Gasteiger partial charge in [0.15, 0.2) is 5.54 Å². The summed E-state index contributed by atoms with van der Waals surface area (Å²) in [6, 6.07) is 2.14. The molecule has 2 aliphatic heterocycles. The number of aromatic nitrogens is 3. The van der Waals surface area contributed by atoms with E-state index in [1.807, 2.05) is 10.8 Å². The number of nitrogens with zero attached hydrogens (tertiary/aromatic N) is 4. The highest BCUT2D eigenvalue weighted by Gasteiger charge is 2.57. The van der Waals surface area contributed by atoms with Crippen LogP contribution in [0.1, 0.15) is 84.6 Å². The number of alkyl carbamates (subject to hydrolysis) is 1. The smallest absolute Gasteiger partial charge is 0.408 e. The van der Waals surface area contributed by atoms with Gasteiger partial charge in [-0.2, -0.15) is 0 Å². The van der Waals surface area contributed by atoms with Crippen molar-refractivity contribution < 1.29 is 46.2 Å². The van der Waals surface area contributed by atoms with Crippen molar-refractivity contribution in [3.05, 3.63) is 61.0 Å². The van der Waals surface area contributed by atoms with Gasteiger partial charge in [0.1, 0.15) is 48.0 Å². The predicted molar refractivity (Wildman–Crippen MR) is 228 cm³/mol. The number of sulfonamides is 1. The van der Waals surface area contributed by atoms with Crippen molar-refractivity contribution in [1.82, 2.24) is 34.8 Å². The van der Waals surface area contributed by atoms with Gasteiger partial charge in [-0.1, -0.05) is 57.6 Å². The van der Waals surface area contributed by atoms with E-state index >= 15 is 4.39 Å². The van der Waals surface area contributed by atoms with Crippen LogP contribution >= 0.6 is 0 Å². The van der Waals surface area contributed by atoms with Crippen LogP contribution in [0.3, 0.4) is 0 Å². The largest absolute Gasteiger partial charge is 0.491 e. The fourth-order valence-corrected chi connectivity index (χ4v) is 9.82. The summed E-state index contributed by atoms with van der Waals surface area (Å²) in [6.45, 7) is 11.1. The first-order chi connectivity index (χ1) is 29.9. The molecule has 8 rings (SSSR count). The maximum absolute atomic E-state index is 15.7. The maximum atomic E-state index is 15.7. The average Bonchev–Trinajstić information content (AvgIpc) is 4.01. The molecule has 0 spiro atoms. The molecular formula is C45H54FN7O9S. The van der Waals surface area contributed by atoms with Crippen molar-refractivity contribution in [3.8, 4) is 23.5 Å². The number of hydrogen-bond acceptors (Lipinski definition) is 11. The Bertz CT molecular complexity index is 2490. The quantitative estimate of drug-likeness (QED) is 0.194. The summed E-state index contributed by atoms with van der Waals surface area (Å²) in [4.78, 5) is 67.0. The van der Waals surface area contributed by atoms with Crippen molar-refractivity contribution in [2.24, 2.45) is 17.3 Å². The standard InChI is InChI=1S/C45H54FN7O9S/c1-6-28-15-16-45(28,41(56)51-63(58,59)44(5)17-18-44)50-38(54)33-24-29-25-53(33)40(55)37(43(2,3)4)49-42(57)62-34-23-27(34)11-8-7-9-12-31-36(60-22-21-52-20-19-47-26-52)30-13-10-14-32(46)35(30)48-39(31)61-29/h6,10,13-14,19-20,26-29,33-34,37H,1,7-9,11-12,17-18,21-25H2,2-5H3,(H,49,57)(H,50,54)(H,51,56). The first kappa shape index (κ1) is 43.9. The molecular weight excluding hydrogens is 834 g/mol. The molecule has 2 bridgehead atoms. The van der Waals surface area contributed by atoms with E-state index in [9.17, 15) is 27.6 Å². The third-order valence-corrected chi connectivity index (χ3v) is 15.0. The number of rotatable bonds is 10. The Balaban J connectivity index is 1.16. The zero-order valence-electron chi connectivity index (χ0n) is 35.9. The molecule has 3 aromatic rings. The summed E-state index contributed by atoms with van der Waals surface area (Å²) in [5.41, 5.74) is -2.27. The summed E-state index contributed by atoms with van der Waals surface area (Å²) in [7, 11) is -4.13. The number of nitrogens with one attached hydrogen (secondary N) is 3. The molecule has 4 heterocycles. The highest BCUT2D eigenvalue weighted by molar-refractivity contribution is 7.91. The van der Waals surface area contributed by atoms with Crippen molar-refractivity contribution >= 4 is 44.7 Å². The number of hydrogen-bond donors (Lipinski definition) is 3. The molecule has 2 saturated carbocycles. The second kappa shape index (κ2) is 16.8. The number of carbonyl (C=O) groups is 4. The Hall–Kier alpha value is -5.70. The zero-order valence-corrected chi connectivity index (χ0v) is 36.8. The van der Waals surface area contributed by atoms with Gasteiger partial charge in [0.05, 0.1) is 35.6 Å². The number of benzene rings is 1. The number of ether oxygens (including phenoxy) is 3. The van der Waals surface area contributed by atoms with Gasteiger partial charge in [0, 0.05) is 24.2 Å². The zero-order chi connectivity index (χ0) is 44.9. The number of imidazole rings is 1. The van der Waals surface area contributed by atoms with Gasteiger partial charge in [0.25, 0.3) is 5.91 Å². The van der Waals surface area contributed by atoms with Gasteiger partial charge < -0.3 is 34.3 Å². The number of pyridine rings is 1. The Kier molecular flexibility index (Phi) is 11.7. The van der Waals surface area contributed by atoms with E-state index in [2.05, 4.69) is 38.8 Å². The lowest BCUT2D eigenvalue weighted by atomic mass is 9.76. The van der Waals surface area contributed by atoms with Crippen LogP contribution in [0.5, 0.6) is 11.6 Å². The van der Waals surface area contributed by atoms with Gasteiger partial charge in [-0.3, -0.25) is 14.4 Å². The second-order valence-corrected chi connectivity index (χ2v) is 20.8. The number of halogens is 1. The van der Waals surface area contributed by atoms with Crippen LogP contribution in [0.25, 0.3) is 10.9 Å². The summed E-state index contributed by atoms with van der Waals surface area (Å²) in [5, 5.41) is 5.94. The number of carbonyl (C=O) groups excluding carboxylic acids is 4. The second-order valence-electron chi connectivity index (χ2n) is 18.6. The Morgan fingerprint density at radius 3 is 2.63 bits per heavy atom. The fourth-order valence-electron chi connectivity index (χ4n) is 8.53. The monoisotopic (exact) mass is 887 g/mol. The first-order valence-electron chi connectivity index (χ1n) is 21.6. The van der Waals surface area contributed by atoms with E-state index in [0.29, 0.717) is 55.3 Å². The predicted octanol–water partition coefficient (Wildman–Crippen LogP) is 4.32. The molecule has 7 unspecified atom stereocenters. The van der Waals surface area contributed by atoms with Crippen LogP contribution in [-0.2, 0) is 42.1 Å². The molecule has 16 nitrogen and oxygen atoms in total. The third kappa shape index (κ3) is 8.81. The Labute approximate surface area is 366 Å². The Morgan fingerprint density at radius 2 is 1.95 bits per heavy atom. The lowest BCUT2D eigenvalue weighted by molar-refractivity contribution is -0.143. The molecule has 5 aliphatic rings. The van der Waals surface area contributed by atoms with Gasteiger partial charge in [-0.05, 0) is 68.9 Å². The van der Waals surface area contributed by atoms with Crippen molar-refractivity contribution in [3.63, 3.8) is 0 Å². The van der Waals surface area contributed by atoms with Gasteiger partial charge in [-0.15, -0.1) is 6.58 Å². The van der Waals surface area contributed by atoms with E-state index in [1.165, 1.54) is 24.0 Å². The molecule has 1 saturated heterocycles. The molecule has 3 fully saturated rings. The van der Waals surface area contributed by atoms with E-state index in [1.54, 1.807) is 45.4 Å². The topological polar surface area (TPSA) is 200 Å². The maximum Gasteiger partial charge on any atom is 0.408 e. The number of para-hydroxylation sites is 1. The molecule has 336 valence electrons. The van der Waals surface area contributed by atoms with E-state index in [4.69, 9.17) is 19.2 Å². The molecule has 63 heavy (non-hydrogen) atoms. The fraction of sp³-hybridized carbons (Fsp3) is 0.556. The minimum atomic E-state index is -4.13. The van der Waals surface area contributed by atoms with Crippen LogP contribution in [0, 0.1) is 34.9 Å². The van der Waals surface area contributed by atoms with Crippen LogP contribution in [0.2, 0.25) is 0 Å². The van der Waals surface area contributed by atoms with Gasteiger partial charge in [-0.25, -0.2) is 32.3 Å². The average molecular weight is 888 g/mol. The van der Waals surface area contributed by atoms with Crippen molar-refractivity contribution in [1.29, 1.82) is 0 Å². The molecule has 0 radical (unpaired) electrons. The first-order valence-corrected chi connectivity index (χ1v) is 23.1. The minimum absolute atomic E-state index is 0.0218. The molecule has 4 amide bonds. The summed E-state index contributed by atoms with van der Waals surface area (Å²) in [6.07, 6.45) is 9.53. The third-order valence-electron chi connectivity index (χ3n) is 12.9. The van der Waals surface area contributed by atoms with E-state index in [-0.39, 0.29) is 43.0 Å². The minimum Gasteiger partial charge on any atom is -0.491 e. The van der Waals surface area contributed by atoms with Gasteiger partial charge in [0.2, 0.25) is 27.7 Å². The molecule has 3 N–H and O–H groups in total. The lowest BCUT2D eigenvalue weighted by Crippen LogP contribution is -2.68. The lowest BCUT2D eigenvalue weighted by Gasteiger charge is -2.39. The van der Waals surface area contributed by atoms with E-state index < -0.39 is 79.5 Å². The summed E-state index contributed by atoms with van der Waals surface area (Å²) in [5.74, 6) is 2.11. The highest BCUT2D eigenvalue weighted by atomic mass is 32.2. The SMILES string of the molecule is C=CC1C#CC1(NC(=O)C1CC2CN1C(=O)C(C(C)(C)C)NC(=O)OC1CC1CCCCCc1c(nc3c(F)cccc3c1OCCn1ccnc1)O2)C(=O)NS(=O)(=O)C1(C)CC1. The highest BCUT2D eigenvalue weighted by Crippen LogP contribution is 2.43. The summed E-state index contributed by atoms with van der Waals surface area (Å²) < 4.78 is 63.9. The normalized spacial score (nSPS) is 27.9. The van der Waals surface area contributed by atoms with Gasteiger partial charge >= 0.3 is 6.09 Å². The van der Waals surface area contributed by atoms with Crippen LogP contribution in [0.4, 0.5) is 9.18 Å². The molecule has 1 aromatic carbocycles. The van der Waals surface area contributed by atoms with Crippen molar-refractivity contribution in [2.45, 2.75) is 127 Å².